The van der Waals surface area contributed by atoms with E-state index in [0.717, 1.165) is 16.8 Å². The van der Waals surface area contributed by atoms with Crippen molar-refractivity contribution in [3.05, 3.63) is 59.5 Å². The van der Waals surface area contributed by atoms with Crippen LogP contribution in [-0.4, -0.2) is 39.8 Å². The highest BCUT2D eigenvalue weighted by Gasteiger charge is 2.34. The average Bonchev–Trinajstić information content (AvgIpc) is 3.16. The van der Waals surface area contributed by atoms with Crippen LogP contribution in [0, 0.1) is 17.6 Å². The van der Waals surface area contributed by atoms with Crippen LogP contribution in [0.15, 0.2) is 35.0 Å². The molecule has 1 aliphatic heterocycles. The molecule has 3 heterocycles. The van der Waals surface area contributed by atoms with E-state index in [-0.39, 0.29) is 29.5 Å². The Hall–Kier alpha value is -2.62. The van der Waals surface area contributed by atoms with Gasteiger partial charge in [-0.15, -0.1) is 0 Å². The molecule has 0 radical (unpaired) electrons. The third-order valence-corrected chi connectivity index (χ3v) is 6.06. The molecule has 1 aliphatic rings. The molecule has 0 saturated carbocycles. The van der Waals surface area contributed by atoms with Crippen LogP contribution in [0.4, 0.5) is 8.78 Å². The Bertz CT molecular complexity index is 1030. The standard InChI is InChI=1S/C16H14F2N4O3S/c17-12-2-1-3-13(18)16(12)22-5-4-11(20-22)7-14-19-15(25-21-14)6-10-8-26(23,24)9-10/h1-5,10H,6-9H2. The topological polar surface area (TPSA) is 90.9 Å². The van der Waals surface area contributed by atoms with E-state index in [0.29, 0.717) is 23.8 Å². The third-order valence-electron chi connectivity index (χ3n) is 4.10. The summed E-state index contributed by atoms with van der Waals surface area (Å²) >= 11 is 0. The van der Waals surface area contributed by atoms with Crippen molar-refractivity contribution in [2.45, 2.75) is 12.8 Å². The van der Waals surface area contributed by atoms with Crippen LogP contribution in [0.3, 0.4) is 0 Å². The summed E-state index contributed by atoms with van der Waals surface area (Å²) in [7, 11) is -2.89. The molecule has 4 rings (SSSR count). The van der Waals surface area contributed by atoms with E-state index in [1.807, 2.05) is 0 Å². The van der Waals surface area contributed by atoms with Gasteiger partial charge in [-0.1, -0.05) is 11.2 Å². The summed E-state index contributed by atoms with van der Waals surface area (Å²) in [4.78, 5) is 4.22. The third kappa shape index (κ3) is 3.36. The maximum absolute atomic E-state index is 13.8. The number of rotatable bonds is 5. The molecule has 0 atom stereocenters. The molecule has 26 heavy (non-hydrogen) atoms. The Balaban J connectivity index is 1.45. The van der Waals surface area contributed by atoms with E-state index in [1.165, 1.54) is 12.3 Å². The van der Waals surface area contributed by atoms with Crippen LogP contribution in [-0.2, 0) is 22.7 Å². The Morgan fingerprint density at radius 3 is 2.62 bits per heavy atom. The molecule has 1 saturated heterocycles. The summed E-state index contributed by atoms with van der Waals surface area (Å²) in [5.74, 6) is -0.376. The number of para-hydroxylation sites is 1. The van der Waals surface area contributed by atoms with Crippen LogP contribution in [0.2, 0.25) is 0 Å². The lowest BCUT2D eigenvalue weighted by molar-refractivity contribution is 0.355. The fourth-order valence-corrected chi connectivity index (χ4v) is 4.50. The zero-order valence-electron chi connectivity index (χ0n) is 13.5. The molecule has 10 heteroatoms. The van der Waals surface area contributed by atoms with Gasteiger partial charge in [0.2, 0.25) is 5.89 Å². The molecular weight excluding hydrogens is 366 g/mol. The maximum Gasteiger partial charge on any atom is 0.226 e. The van der Waals surface area contributed by atoms with Crippen molar-refractivity contribution in [3.8, 4) is 5.69 Å². The SMILES string of the molecule is O=S1(=O)CC(Cc2nc(Cc3ccn(-c4c(F)cccc4F)n3)no2)C1. The van der Waals surface area contributed by atoms with E-state index < -0.39 is 21.5 Å². The first-order chi connectivity index (χ1) is 12.4. The van der Waals surface area contributed by atoms with Crippen molar-refractivity contribution in [2.24, 2.45) is 5.92 Å². The first-order valence-corrected chi connectivity index (χ1v) is 9.72. The summed E-state index contributed by atoms with van der Waals surface area (Å²) < 4.78 is 56.2. The highest BCUT2D eigenvalue weighted by atomic mass is 32.2. The minimum absolute atomic E-state index is 0.0107. The fourth-order valence-electron chi connectivity index (χ4n) is 2.93. The number of aromatic nitrogens is 4. The fraction of sp³-hybridized carbons (Fsp3) is 0.312. The number of halogens is 2. The van der Waals surface area contributed by atoms with E-state index in [2.05, 4.69) is 15.2 Å². The Morgan fingerprint density at radius 2 is 1.92 bits per heavy atom. The number of sulfone groups is 1. The van der Waals surface area contributed by atoms with Crippen molar-refractivity contribution in [3.63, 3.8) is 0 Å². The maximum atomic E-state index is 13.8. The lowest BCUT2D eigenvalue weighted by atomic mass is 10.1. The van der Waals surface area contributed by atoms with Gasteiger partial charge in [0.25, 0.3) is 0 Å². The number of benzene rings is 1. The van der Waals surface area contributed by atoms with Gasteiger partial charge in [-0.3, -0.25) is 0 Å². The predicted octanol–water partition coefficient (Wildman–Crippen LogP) is 1.71. The summed E-state index contributed by atoms with van der Waals surface area (Å²) in [6, 6.07) is 5.21. The highest BCUT2D eigenvalue weighted by molar-refractivity contribution is 7.92. The van der Waals surface area contributed by atoms with Crippen LogP contribution in [0.25, 0.3) is 5.69 Å². The molecule has 0 N–H and O–H groups in total. The van der Waals surface area contributed by atoms with Crippen molar-refractivity contribution < 1.29 is 21.7 Å². The van der Waals surface area contributed by atoms with Crippen LogP contribution < -0.4 is 0 Å². The second-order valence-corrected chi connectivity index (χ2v) is 8.40. The average molecular weight is 380 g/mol. The van der Waals surface area contributed by atoms with Crippen molar-refractivity contribution >= 4 is 9.84 Å². The summed E-state index contributed by atoms with van der Waals surface area (Å²) in [5.41, 5.74) is 0.268. The number of hydrogen-bond acceptors (Lipinski definition) is 6. The van der Waals surface area contributed by atoms with Gasteiger partial charge in [0.15, 0.2) is 27.3 Å². The van der Waals surface area contributed by atoms with Gasteiger partial charge in [0.05, 0.1) is 23.6 Å². The van der Waals surface area contributed by atoms with Crippen molar-refractivity contribution in [2.75, 3.05) is 11.5 Å². The van der Waals surface area contributed by atoms with E-state index >= 15 is 0 Å². The largest absolute Gasteiger partial charge is 0.339 e. The molecule has 0 unspecified atom stereocenters. The first-order valence-electron chi connectivity index (χ1n) is 7.90. The molecular formula is C16H14F2N4O3S. The van der Waals surface area contributed by atoms with Gasteiger partial charge < -0.3 is 4.52 Å². The number of nitrogens with zero attached hydrogens (tertiary/aromatic N) is 4. The molecule has 0 amide bonds. The van der Waals surface area contributed by atoms with Crippen LogP contribution in [0.5, 0.6) is 0 Å². The quantitative estimate of drug-likeness (QED) is 0.669. The van der Waals surface area contributed by atoms with Crippen LogP contribution >= 0.6 is 0 Å². The molecule has 0 aliphatic carbocycles. The lowest BCUT2D eigenvalue weighted by Gasteiger charge is -2.23. The summed E-state index contributed by atoms with van der Waals surface area (Å²) in [6.07, 6.45) is 2.10. The minimum Gasteiger partial charge on any atom is -0.339 e. The van der Waals surface area contributed by atoms with Gasteiger partial charge in [-0.05, 0) is 24.1 Å². The second-order valence-electron chi connectivity index (χ2n) is 6.25. The lowest BCUT2D eigenvalue weighted by Crippen LogP contribution is -2.37. The molecule has 0 bridgehead atoms. The molecule has 136 valence electrons. The monoisotopic (exact) mass is 380 g/mol. The van der Waals surface area contributed by atoms with Crippen molar-refractivity contribution in [1.29, 1.82) is 0 Å². The van der Waals surface area contributed by atoms with E-state index in [1.54, 1.807) is 6.07 Å². The molecule has 1 fully saturated rings. The smallest absolute Gasteiger partial charge is 0.226 e. The Labute approximate surface area is 147 Å². The zero-order chi connectivity index (χ0) is 18.3. The van der Waals surface area contributed by atoms with Crippen molar-refractivity contribution in [1.82, 2.24) is 19.9 Å². The van der Waals surface area contributed by atoms with E-state index in [4.69, 9.17) is 4.52 Å². The Morgan fingerprint density at radius 1 is 1.19 bits per heavy atom. The Kier molecular flexibility index (Phi) is 4.06. The summed E-state index contributed by atoms with van der Waals surface area (Å²) in [5, 5.41) is 7.99. The molecule has 1 aromatic carbocycles. The summed E-state index contributed by atoms with van der Waals surface area (Å²) in [6.45, 7) is 0. The predicted molar refractivity (Wildman–Crippen MR) is 86.4 cm³/mol. The minimum atomic E-state index is -2.89. The molecule has 2 aromatic heterocycles. The second kappa shape index (κ2) is 6.27. The first kappa shape index (κ1) is 16.8. The normalized spacial score (nSPS) is 16.5. The van der Waals surface area contributed by atoms with Gasteiger partial charge >= 0.3 is 0 Å². The highest BCUT2D eigenvalue weighted by Crippen LogP contribution is 2.22. The van der Waals surface area contributed by atoms with Crippen LogP contribution in [0.1, 0.15) is 17.4 Å². The molecule has 7 nitrogen and oxygen atoms in total. The van der Waals surface area contributed by atoms with Gasteiger partial charge in [0.1, 0.15) is 5.69 Å². The zero-order valence-corrected chi connectivity index (χ0v) is 14.3. The number of hydrogen-bond donors (Lipinski definition) is 0. The van der Waals surface area contributed by atoms with E-state index in [9.17, 15) is 17.2 Å². The molecule has 0 spiro atoms. The van der Waals surface area contributed by atoms with Gasteiger partial charge in [-0.2, -0.15) is 10.1 Å². The van der Waals surface area contributed by atoms with Gasteiger partial charge in [0, 0.05) is 12.6 Å². The van der Waals surface area contributed by atoms with Gasteiger partial charge in [-0.25, -0.2) is 21.9 Å². The molecule has 3 aromatic rings.